The summed E-state index contributed by atoms with van der Waals surface area (Å²) in [6.07, 6.45) is 3.82. The average molecular weight is 296 g/mol. The van der Waals surface area contributed by atoms with Gasteiger partial charge in [0.25, 0.3) is 0 Å². The van der Waals surface area contributed by atoms with Gasteiger partial charge in [-0.15, -0.1) is 0 Å². The molecule has 2 heterocycles. The summed E-state index contributed by atoms with van der Waals surface area (Å²) in [4.78, 5) is 11.0. The van der Waals surface area contributed by atoms with Crippen LogP contribution < -0.4 is 10.2 Å². The average Bonchev–Trinajstić information content (AvgIpc) is 3.02. The van der Waals surface area contributed by atoms with Crippen LogP contribution in [0, 0.1) is 12.8 Å². The summed E-state index contributed by atoms with van der Waals surface area (Å²) in [6.45, 7) is 7.49. The van der Waals surface area contributed by atoms with Gasteiger partial charge in [-0.05, 0) is 43.4 Å². The predicted octanol–water partition coefficient (Wildman–Crippen LogP) is 3.29. The van der Waals surface area contributed by atoms with Gasteiger partial charge in [0.15, 0.2) is 0 Å². The SMILES string of the molecule is CCc1cc(NC[C@@H]2CCN(c3cccc(C)c3)C2)ncn1. The van der Waals surface area contributed by atoms with E-state index in [9.17, 15) is 0 Å². The normalized spacial score (nSPS) is 17.7. The first-order valence-corrected chi connectivity index (χ1v) is 8.11. The van der Waals surface area contributed by atoms with Crippen LogP contribution in [0.4, 0.5) is 11.5 Å². The Bertz CT molecular complexity index is 626. The van der Waals surface area contributed by atoms with Crippen LogP contribution in [0.2, 0.25) is 0 Å². The maximum absolute atomic E-state index is 4.30. The lowest BCUT2D eigenvalue weighted by atomic mass is 10.1. The van der Waals surface area contributed by atoms with E-state index in [4.69, 9.17) is 0 Å². The highest BCUT2D eigenvalue weighted by atomic mass is 15.2. The van der Waals surface area contributed by atoms with Crippen molar-refractivity contribution in [1.29, 1.82) is 0 Å². The number of nitrogens with zero attached hydrogens (tertiary/aromatic N) is 3. The van der Waals surface area contributed by atoms with Crippen molar-refractivity contribution in [2.75, 3.05) is 29.9 Å². The van der Waals surface area contributed by atoms with Crippen LogP contribution in [0.15, 0.2) is 36.7 Å². The molecule has 1 aromatic carbocycles. The first-order chi connectivity index (χ1) is 10.7. The van der Waals surface area contributed by atoms with Crippen molar-refractivity contribution in [2.45, 2.75) is 26.7 Å². The highest BCUT2D eigenvalue weighted by molar-refractivity contribution is 5.49. The maximum Gasteiger partial charge on any atom is 0.129 e. The van der Waals surface area contributed by atoms with E-state index < -0.39 is 0 Å². The molecule has 0 radical (unpaired) electrons. The van der Waals surface area contributed by atoms with Crippen LogP contribution in [0.5, 0.6) is 0 Å². The van der Waals surface area contributed by atoms with Gasteiger partial charge in [0.2, 0.25) is 0 Å². The summed E-state index contributed by atoms with van der Waals surface area (Å²) in [7, 11) is 0. The molecule has 22 heavy (non-hydrogen) atoms. The Kier molecular flexibility index (Phi) is 4.56. The van der Waals surface area contributed by atoms with Gasteiger partial charge < -0.3 is 10.2 Å². The van der Waals surface area contributed by atoms with Gasteiger partial charge in [0, 0.05) is 37.1 Å². The third kappa shape index (κ3) is 3.56. The highest BCUT2D eigenvalue weighted by Crippen LogP contribution is 2.24. The van der Waals surface area contributed by atoms with E-state index in [0.29, 0.717) is 5.92 Å². The number of hydrogen-bond donors (Lipinski definition) is 1. The fourth-order valence-corrected chi connectivity index (χ4v) is 2.99. The smallest absolute Gasteiger partial charge is 0.129 e. The Morgan fingerprint density at radius 2 is 2.18 bits per heavy atom. The molecule has 4 nitrogen and oxygen atoms in total. The first-order valence-electron chi connectivity index (χ1n) is 8.11. The molecule has 0 unspecified atom stereocenters. The number of hydrogen-bond acceptors (Lipinski definition) is 4. The van der Waals surface area contributed by atoms with Gasteiger partial charge in [-0.2, -0.15) is 0 Å². The summed E-state index contributed by atoms with van der Waals surface area (Å²) in [5, 5.41) is 3.47. The number of aryl methyl sites for hydroxylation is 2. The van der Waals surface area contributed by atoms with E-state index in [1.165, 1.54) is 17.7 Å². The van der Waals surface area contributed by atoms with Crippen molar-refractivity contribution in [2.24, 2.45) is 5.92 Å². The van der Waals surface area contributed by atoms with Crippen molar-refractivity contribution >= 4 is 11.5 Å². The van der Waals surface area contributed by atoms with Crippen LogP contribution in [0.1, 0.15) is 24.6 Å². The van der Waals surface area contributed by atoms with Crippen LogP contribution >= 0.6 is 0 Å². The number of anilines is 2. The third-order valence-electron chi connectivity index (χ3n) is 4.31. The Labute approximate surface area is 132 Å². The molecule has 1 saturated heterocycles. The zero-order valence-electron chi connectivity index (χ0n) is 13.4. The van der Waals surface area contributed by atoms with E-state index in [-0.39, 0.29) is 0 Å². The molecule has 4 heteroatoms. The van der Waals surface area contributed by atoms with E-state index in [1.54, 1.807) is 6.33 Å². The molecule has 116 valence electrons. The molecule has 2 aromatic rings. The van der Waals surface area contributed by atoms with Crippen molar-refractivity contribution in [3.05, 3.63) is 47.9 Å². The third-order valence-corrected chi connectivity index (χ3v) is 4.31. The highest BCUT2D eigenvalue weighted by Gasteiger charge is 2.22. The Balaban J connectivity index is 1.54. The topological polar surface area (TPSA) is 41.0 Å². The molecule has 1 aliphatic heterocycles. The minimum atomic E-state index is 0.667. The molecular weight excluding hydrogens is 272 g/mol. The maximum atomic E-state index is 4.30. The molecule has 0 saturated carbocycles. The van der Waals surface area contributed by atoms with E-state index in [0.717, 1.165) is 37.6 Å². The molecule has 0 amide bonds. The standard InChI is InChI=1S/C18H24N4/c1-3-16-10-18(21-13-20-16)19-11-15-7-8-22(12-15)17-6-4-5-14(2)9-17/h4-6,9-10,13,15H,3,7-8,11-12H2,1-2H3,(H,19,20,21)/t15-/m0/s1. The zero-order chi connectivity index (χ0) is 15.4. The molecule has 1 aromatic heterocycles. The van der Waals surface area contributed by atoms with Crippen LogP contribution in [-0.2, 0) is 6.42 Å². The minimum absolute atomic E-state index is 0.667. The van der Waals surface area contributed by atoms with Crippen LogP contribution in [0.3, 0.4) is 0 Å². The summed E-state index contributed by atoms with van der Waals surface area (Å²) in [5.74, 6) is 1.61. The monoisotopic (exact) mass is 296 g/mol. The van der Waals surface area contributed by atoms with Gasteiger partial charge in [-0.25, -0.2) is 9.97 Å². The molecule has 0 spiro atoms. The lowest BCUT2D eigenvalue weighted by Crippen LogP contribution is -2.22. The number of nitrogens with one attached hydrogen (secondary N) is 1. The number of benzene rings is 1. The largest absolute Gasteiger partial charge is 0.371 e. The van der Waals surface area contributed by atoms with Gasteiger partial charge in [0.05, 0.1) is 0 Å². The second-order valence-electron chi connectivity index (χ2n) is 6.07. The van der Waals surface area contributed by atoms with Crippen LogP contribution in [0.25, 0.3) is 0 Å². The first kappa shape index (κ1) is 14.8. The van der Waals surface area contributed by atoms with Crippen LogP contribution in [-0.4, -0.2) is 29.6 Å². The summed E-state index contributed by atoms with van der Waals surface area (Å²) < 4.78 is 0. The summed E-state index contributed by atoms with van der Waals surface area (Å²) >= 11 is 0. The van der Waals surface area contributed by atoms with E-state index in [1.807, 2.05) is 6.07 Å². The zero-order valence-corrected chi connectivity index (χ0v) is 13.4. The molecule has 1 atom stereocenters. The lowest BCUT2D eigenvalue weighted by molar-refractivity contribution is 0.621. The molecule has 3 rings (SSSR count). The van der Waals surface area contributed by atoms with E-state index in [2.05, 4.69) is 58.3 Å². The quantitative estimate of drug-likeness (QED) is 0.919. The molecule has 1 N–H and O–H groups in total. The van der Waals surface area contributed by atoms with Gasteiger partial charge in [0.1, 0.15) is 12.1 Å². The summed E-state index contributed by atoms with van der Waals surface area (Å²) in [6, 6.07) is 10.8. The number of aromatic nitrogens is 2. The molecule has 0 aliphatic carbocycles. The lowest BCUT2D eigenvalue weighted by Gasteiger charge is -2.19. The van der Waals surface area contributed by atoms with Crippen molar-refractivity contribution in [1.82, 2.24) is 9.97 Å². The fourth-order valence-electron chi connectivity index (χ4n) is 2.99. The van der Waals surface area contributed by atoms with E-state index >= 15 is 0 Å². The molecule has 1 fully saturated rings. The van der Waals surface area contributed by atoms with Crippen molar-refractivity contribution < 1.29 is 0 Å². The second-order valence-corrected chi connectivity index (χ2v) is 6.07. The Morgan fingerprint density at radius 3 is 3.00 bits per heavy atom. The fraction of sp³-hybridized carbons (Fsp3) is 0.444. The van der Waals surface area contributed by atoms with Gasteiger partial charge in [-0.3, -0.25) is 0 Å². The minimum Gasteiger partial charge on any atom is -0.371 e. The molecular formula is C18H24N4. The Hall–Kier alpha value is -2.10. The van der Waals surface area contributed by atoms with Gasteiger partial charge in [-0.1, -0.05) is 19.1 Å². The predicted molar refractivity (Wildman–Crippen MR) is 91.4 cm³/mol. The van der Waals surface area contributed by atoms with Crippen molar-refractivity contribution in [3.8, 4) is 0 Å². The van der Waals surface area contributed by atoms with Gasteiger partial charge >= 0.3 is 0 Å². The Morgan fingerprint density at radius 1 is 1.27 bits per heavy atom. The molecule has 1 aliphatic rings. The molecule has 0 bridgehead atoms. The second kappa shape index (κ2) is 6.77. The van der Waals surface area contributed by atoms with Crippen molar-refractivity contribution in [3.63, 3.8) is 0 Å². The summed E-state index contributed by atoms with van der Waals surface area (Å²) in [5.41, 5.74) is 3.76. The number of rotatable bonds is 5.